The Morgan fingerprint density at radius 3 is 2.77 bits per heavy atom. The van der Waals surface area contributed by atoms with Crippen molar-refractivity contribution in [1.82, 2.24) is 0 Å². The first-order valence-electron chi connectivity index (χ1n) is 4.86. The molecule has 0 radical (unpaired) electrons. The van der Waals surface area contributed by atoms with E-state index in [1.807, 2.05) is 0 Å². The Balaban J connectivity index is 2.31. The average Bonchev–Trinajstić information content (AvgIpc) is 2.06. The first-order valence-corrected chi connectivity index (χ1v) is 4.86. The molecule has 1 atom stereocenters. The Hall–Kier alpha value is -0.920. The van der Waals surface area contributed by atoms with E-state index in [0.717, 1.165) is 12.8 Å². The minimum Gasteiger partial charge on any atom is -0.300 e. The zero-order valence-electron chi connectivity index (χ0n) is 7.93. The normalized spacial score (nSPS) is 34.1. The lowest BCUT2D eigenvalue weighted by molar-refractivity contribution is -0.123. The molecule has 0 aromatic heterocycles. The van der Waals surface area contributed by atoms with Crippen LogP contribution in [0.5, 0.6) is 0 Å². The SMILES string of the molecule is CC12CCC(=O)C=C1CCC(=O)C2. The van der Waals surface area contributed by atoms with E-state index in [1.54, 1.807) is 6.08 Å². The number of hydrogen-bond acceptors (Lipinski definition) is 2. The van der Waals surface area contributed by atoms with Crippen molar-refractivity contribution in [2.75, 3.05) is 0 Å². The first kappa shape index (κ1) is 8.67. The second-order valence-corrected chi connectivity index (χ2v) is 4.41. The molecule has 13 heavy (non-hydrogen) atoms. The Kier molecular flexibility index (Phi) is 1.86. The Bertz CT molecular complexity index is 301. The molecule has 0 amide bonds. The van der Waals surface area contributed by atoms with Crippen LogP contribution in [0.3, 0.4) is 0 Å². The molecule has 2 nitrogen and oxygen atoms in total. The quantitative estimate of drug-likeness (QED) is 0.568. The summed E-state index contributed by atoms with van der Waals surface area (Å²) < 4.78 is 0. The monoisotopic (exact) mass is 178 g/mol. The van der Waals surface area contributed by atoms with Gasteiger partial charge in [-0.15, -0.1) is 0 Å². The molecular weight excluding hydrogens is 164 g/mol. The van der Waals surface area contributed by atoms with Crippen molar-refractivity contribution in [3.8, 4) is 0 Å². The molecule has 0 aliphatic heterocycles. The standard InChI is InChI=1S/C11H14O2/c1-11-5-4-9(12)6-8(11)2-3-10(13)7-11/h6H,2-5,7H2,1H3. The highest BCUT2D eigenvalue weighted by Crippen LogP contribution is 2.44. The van der Waals surface area contributed by atoms with Crippen LogP contribution in [0.25, 0.3) is 0 Å². The van der Waals surface area contributed by atoms with E-state index < -0.39 is 0 Å². The van der Waals surface area contributed by atoms with E-state index in [4.69, 9.17) is 0 Å². The second-order valence-electron chi connectivity index (χ2n) is 4.41. The van der Waals surface area contributed by atoms with Crippen LogP contribution in [0.15, 0.2) is 11.6 Å². The number of fused-ring (bicyclic) bond motifs is 1. The summed E-state index contributed by atoms with van der Waals surface area (Å²) in [6.07, 6.45) is 5.34. The zero-order valence-corrected chi connectivity index (χ0v) is 7.93. The summed E-state index contributed by atoms with van der Waals surface area (Å²) in [6.45, 7) is 2.11. The van der Waals surface area contributed by atoms with E-state index in [1.165, 1.54) is 5.57 Å². The maximum Gasteiger partial charge on any atom is 0.155 e. The fourth-order valence-corrected chi connectivity index (χ4v) is 2.37. The van der Waals surface area contributed by atoms with E-state index in [0.29, 0.717) is 25.0 Å². The van der Waals surface area contributed by atoms with Crippen LogP contribution in [-0.4, -0.2) is 11.6 Å². The van der Waals surface area contributed by atoms with Gasteiger partial charge in [0.05, 0.1) is 0 Å². The van der Waals surface area contributed by atoms with Crippen LogP contribution in [0.2, 0.25) is 0 Å². The molecule has 2 heteroatoms. The number of Topliss-reactive ketones (excluding diaryl/α,β-unsaturated/α-hetero) is 1. The molecule has 0 saturated heterocycles. The molecular formula is C11H14O2. The molecule has 1 unspecified atom stereocenters. The summed E-state index contributed by atoms with van der Waals surface area (Å²) >= 11 is 0. The van der Waals surface area contributed by atoms with Crippen molar-refractivity contribution < 1.29 is 9.59 Å². The average molecular weight is 178 g/mol. The molecule has 2 aliphatic rings. The number of ketones is 2. The van der Waals surface area contributed by atoms with E-state index >= 15 is 0 Å². The third kappa shape index (κ3) is 1.45. The van der Waals surface area contributed by atoms with Gasteiger partial charge in [0.1, 0.15) is 5.78 Å². The molecule has 0 aromatic carbocycles. The molecule has 70 valence electrons. The molecule has 1 saturated carbocycles. The minimum absolute atomic E-state index is 0.0171. The van der Waals surface area contributed by atoms with Gasteiger partial charge in [-0.2, -0.15) is 0 Å². The highest BCUT2D eigenvalue weighted by atomic mass is 16.1. The molecule has 2 aliphatic carbocycles. The molecule has 0 bridgehead atoms. The lowest BCUT2D eigenvalue weighted by atomic mass is 9.66. The maximum absolute atomic E-state index is 11.3. The third-order valence-electron chi connectivity index (χ3n) is 3.29. The summed E-state index contributed by atoms with van der Waals surface area (Å²) in [6, 6.07) is 0. The van der Waals surface area contributed by atoms with Gasteiger partial charge in [0.25, 0.3) is 0 Å². The van der Waals surface area contributed by atoms with Crippen molar-refractivity contribution in [1.29, 1.82) is 0 Å². The fourth-order valence-electron chi connectivity index (χ4n) is 2.37. The predicted molar refractivity (Wildman–Crippen MR) is 49.3 cm³/mol. The van der Waals surface area contributed by atoms with E-state index in [-0.39, 0.29) is 11.2 Å². The van der Waals surface area contributed by atoms with Crippen molar-refractivity contribution in [3.05, 3.63) is 11.6 Å². The lowest BCUT2D eigenvalue weighted by Gasteiger charge is -2.37. The highest BCUT2D eigenvalue weighted by molar-refractivity contribution is 5.93. The van der Waals surface area contributed by atoms with Crippen LogP contribution < -0.4 is 0 Å². The van der Waals surface area contributed by atoms with Gasteiger partial charge in [-0.25, -0.2) is 0 Å². The van der Waals surface area contributed by atoms with Gasteiger partial charge >= 0.3 is 0 Å². The van der Waals surface area contributed by atoms with Gasteiger partial charge in [-0.1, -0.05) is 12.5 Å². The van der Waals surface area contributed by atoms with Gasteiger partial charge in [-0.05, 0) is 24.3 Å². The Labute approximate surface area is 78.0 Å². The van der Waals surface area contributed by atoms with Crippen LogP contribution in [0.1, 0.15) is 39.0 Å². The summed E-state index contributed by atoms with van der Waals surface area (Å²) in [5.74, 6) is 0.593. The highest BCUT2D eigenvalue weighted by Gasteiger charge is 2.37. The molecule has 0 N–H and O–H groups in total. The lowest BCUT2D eigenvalue weighted by Crippen LogP contribution is -2.32. The van der Waals surface area contributed by atoms with Crippen LogP contribution >= 0.6 is 0 Å². The van der Waals surface area contributed by atoms with Gasteiger partial charge in [0, 0.05) is 19.3 Å². The third-order valence-corrected chi connectivity index (χ3v) is 3.29. The van der Waals surface area contributed by atoms with E-state index in [2.05, 4.69) is 6.92 Å². The van der Waals surface area contributed by atoms with Gasteiger partial charge in [-0.3, -0.25) is 9.59 Å². The van der Waals surface area contributed by atoms with Gasteiger partial charge in [0.15, 0.2) is 5.78 Å². The number of carbonyl (C=O) groups excluding carboxylic acids is 2. The number of carbonyl (C=O) groups is 2. The number of hydrogen-bond donors (Lipinski definition) is 0. The fraction of sp³-hybridized carbons (Fsp3) is 0.636. The van der Waals surface area contributed by atoms with Crippen molar-refractivity contribution >= 4 is 11.6 Å². The minimum atomic E-state index is 0.0171. The number of allylic oxidation sites excluding steroid dienone is 2. The number of rotatable bonds is 0. The van der Waals surface area contributed by atoms with Crippen LogP contribution in [-0.2, 0) is 9.59 Å². The smallest absolute Gasteiger partial charge is 0.155 e. The molecule has 1 fully saturated rings. The summed E-state index contributed by atoms with van der Waals surface area (Å²) in [5.41, 5.74) is 1.23. The summed E-state index contributed by atoms with van der Waals surface area (Å²) in [4.78, 5) is 22.5. The first-order chi connectivity index (χ1) is 6.10. The molecule has 0 aromatic rings. The van der Waals surface area contributed by atoms with Crippen LogP contribution in [0.4, 0.5) is 0 Å². The summed E-state index contributed by atoms with van der Waals surface area (Å²) in [7, 11) is 0. The predicted octanol–water partition coefficient (Wildman–Crippen LogP) is 2.04. The Morgan fingerprint density at radius 1 is 1.23 bits per heavy atom. The second kappa shape index (κ2) is 2.79. The van der Waals surface area contributed by atoms with Crippen LogP contribution in [0, 0.1) is 5.41 Å². The van der Waals surface area contributed by atoms with Gasteiger partial charge in [0.2, 0.25) is 0 Å². The van der Waals surface area contributed by atoms with Crippen molar-refractivity contribution in [2.45, 2.75) is 39.0 Å². The Morgan fingerprint density at radius 2 is 2.00 bits per heavy atom. The van der Waals surface area contributed by atoms with E-state index in [9.17, 15) is 9.59 Å². The largest absolute Gasteiger partial charge is 0.300 e. The molecule has 0 heterocycles. The maximum atomic E-state index is 11.3. The molecule has 0 spiro atoms. The molecule has 2 rings (SSSR count). The van der Waals surface area contributed by atoms with Gasteiger partial charge < -0.3 is 0 Å². The topological polar surface area (TPSA) is 34.1 Å². The van der Waals surface area contributed by atoms with Crippen molar-refractivity contribution in [2.24, 2.45) is 5.41 Å². The zero-order chi connectivity index (χ0) is 9.47. The summed E-state index contributed by atoms with van der Waals surface area (Å²) in [5, 5.41) is 0. The van der Waals surface area contributed by atoms with Crippen molar-refractivity contribution in [3.63, 3.8) is 0 Å².